The average molecular weight is 438 g/mol. The van der Waals surface area contributed by atoms with E-state index in [1.807, 2.05) is 23.5 Å². The molecule has 9 heteroatoms. The Hall–Kier alpha value is -3.01. The van der Waals surface area contributed by atoms with Crippen molar-refractivity contribution in [2.75, 3.05) is 11.9 Å². The van der Waals surface area contributed by atoms with Gasteiger partial charge in [-0.05, 0) is 43.9 Å². The third-order valence-electron chi connectivity index (χ3n) is 5.54. The van der Waals surface area contributed by atoms with E-state index in [-0.39, 0.29) is 5.56 Å². The van der Waals surface area contributed by atoms with E-state index in [4.69, 9.17) is 4.74 Å². The highest BCUT2D eigenvalue weighted by Crippen LogP contribution is 2.37. The molecule has 2 N–H and O–H groups in total. The van der Waals surface area contributed by atoms with Crippen LogP contribution in [0.1, 0.15) is 35.6 Å². The van der Waals surface area contributed by atoms with Crippen molar-refractivity contribution in [1.29, 1.82) is 0 Å². The van der Waals surface area contributed by atoms with Crippen LogP contribution >= 0.6 is 11.3 Å². The quantitative estimate of drug-likeness (QED) is 0.339. The summed E-state index contributed by atoms with van der Waals surface area (Å²) in [4.78, 5) is 15.4. The van der Waals surface area contributed by atoms with Crippen molar-refractivity contribution in [2.24, 2.45) is 0 Å². The van der Waals surface area contributed by atoms with Gasteiger partial charge in [-0.15, -0.1) is 28.1 Å². The minimum atomic E-state index is -0.950. The fraction of sp³-hybridized carbons (Fsp3) is 0.318. The monoisotopic (exact) mass is 437 g/mol. The smallest absolute Gasteiger partial charge is 0.264 e. The van der Waals surface area contributed by atoms with E-state index in [1.54, 1.807) is 34.1 Å². The zero-order valence-electron chi connectivity index (χ0n) is 17.2. The summed E-state index contributed by atoms with van der Waals surface area (Å²) in [6.07, 6.45) is 3.77. The van der Waals surface area contributed by atoms with E-state index in [2.05, 4.69) is 22.1 Å². The number of hydrogen-bond donors (Lipinski definition) is 2. The molecule has 31 heavy (non-hydrogen) atoms. The molecule has 1 aliphatic rings. The maximum absolute atomic E-state index is 13.3. The van der Waals surface area contributed by atoms with Crippen molar-refractivity contribution in [1.82, 2.24) is 19.2 Å². The van der Waals surface area contributed by atoms with E-state index < -0.39 is 6.29 Å². The molecule has 5 rings (SSSR count). The number of nitrogens with one attached hydrogen (secondary N) is 1. The average Bonchev–Trinajstić information content (AvgIpc) is 3.46. The minimum Gasteiger partial charge on any atom is -0.364 e. The lowest BCUT2D eigenvalue weighted by atomic mass is 10.2. The maximum Gasteiger partial charge on any atom is 0.264 e. The molecule has 0 saturated heterocycles. The van der Waals surface area contributed by atoms with Gasteiger partial charge in [-0.1, -0.05) is 18.2 Å². The number of anilines is 2. The van der Waals surface area contributed by atoms with Crippen molar-refractivity contribution >= 4 is 39.0 Å². The molecule has 4 aromatic rings. The number of ether oxygens (including phenoxy) is 1. The van der Waals surface area contributed by atoms with Crippen LogP contribution in [-0.2, 0) is 24.1 Å². The second kappa shape index (κ2) is 7.92. The van der Waals surface area contributed by atoms with E-state index in [0.717, 1.165) is 35.2 Å². The van der Waals surface area contributed by atoms with E-state index in [1.165, 1.54) is 10.4 Å². The minimum absolute atomic E-state index is 0.0324. The lowest BCUT2D eigenvalue weighted by Gasteiger charge is -2.12. The Morgan fingerprint density at radius 3 is 2.87 bits per heavy atom. The van der Waals surface area contributed by atoms with Gasteiger partial charge < -0.3 is 15.2 Å². The number of thiophene rings is 1. The van der Waals surface area contributed by atoms with Crippen LogP contribution in [0.3, 0.4) is 0 Å². The Morgan fingerprint density at radius 1 is 1.32 bits per heavy atom. The molecule has 0 aliphatic heterocycles. The highest BCUT2D eigenvalue weighted by molar-refractivity contribution is 7.19. The number of allylic oxidation sites excluding steroid dienone is 1. The molecule has 0 saturated carbocycles. The van der Waals surface area contributed by atoms with E-state index >= 15 is 0 Å². The van der Waals surface area contributed by atoms with Crippen molar-refractivity contribution in [3.63, 3.8) is 0 Å². The number of aryl methyl sites for hydroxylation is 2. The van der Waals surface area contributed by atoms with Crippen molar-refractivity contribution in [3.05, 3.63) is 63.3 Å². The first-order chi connectivity index (χ1) is 15.1. The Kier molecular flexibility index (Phi) is 5.09. The second-order valence-corrected chi connectivity index (χ2v) is 8.54. The number of hydrogen-bond acceptors (Lipinski definition) is 7. The number of rotatable bonds is 7. The van der Waals surface area contributed by atoms with Gasteiger partial charge in [0.05, 0.1) is 5.39 Å². The Labute approximate surface area is 182 Å². The van der Waals surface area contributed by atoms with E-state index in [0.29, 0.717) is 30.4 Å². The normalized spacial score (nSPS) is 14.3. The second-order valence-electron chi connectivity index (χ2n) is 7.46. The molecule has 0 bridgehead atoms. The van der Waals surface area contributed by atoms with Crippen LogP contribution in [0.4, 0.5) is 11.6 Å². The molecule has 1 aliphatic carbocycles. The van der Waals surface area contributed by atoms with Crippen molar-refractivity contribution in [2.45, 2.75) is 39.0 Å². The molecule has 1 aromatic carbocycles. The molecular formula is C22H23N5O3S. The summed E-state index contributed by atoms with van der Waals surface area (Å²) in [6, 6.07) is 7.30. The molecular weight excluding hydrogens is 414 g/mol. The molecule has 0 fully saturated rings. The fourth-order valence-corrected chi connectivity index (χ4v) is 5.50. The zero-order chi connectivity index (χ0) is 21.5. The summed E-state index contributed by atoms with van der Waals surface area (Å²) >= 11 is 1.65. The Balaban J connectivity index is 1.62. The highest BCUT2D eigenvalue weighted by Gasteiger charge is 2.25. The van der Waals surface area contributed by atoms with Crippen molar-refractivity contribution in [3.8, 4) is 0 Å². The van der Waals surface area contributed by atoms with E-state index in [9.17, 15) is 9.90 Å². The highest BCUT2D eigenvalue weighted by atomic mass is 32.1. The number of aliphatic hydroxyl groups excluding tert-OH is 1. The number of fused-ring (bicyclic) bond motifs is 5. The first kappa shape index (κ1) is 19.9. The summed E-state index contributed by atoms with van der Waals surface area (Å²) in [6.45, 7) is 6.43. The standard InChI is InChI=1S/C22H23N5O3S/c1-3-12-26-18(28)17-15-6-5-7-16(15)31-19(17)27-21(24-25-22(26)27)23-14-10-8-13(9-11-14)20(29)30-4-2/h3,8-11,20,29H,1,4-7,12H2,2H3,(H,23,24)/t20-/m1/s1. The molecule has 0 radical (unpaired) electrons. The summed E-state index contributed by atoms with van der Waals surface area (Å²) in [5, 5.41) is 22.7. The third kappa shape index (κ3) is 3.25. The predicted molar refractivity (Wildman–Crippen MR) is 121 cm³/mol. The molecule has 160 valence electrons. The number of aliphatic hydroxyl groups is 1. The number of benzene rings is 1. The number of nitrogens with zero attached hydrogens (tertiary/aromatic N) is 4. The van der Waals surface area contributed by atoms with Gasteiger partial charge in [0.1, 0.15) is 4.83 Å². The van der Waals surface area contributed by atoms with Crippen LogP contribution in [0.25, 0.3) is 16.0 Å². The Morgan fingerprint density at radius 2 is 2.13 bits per heavy atom. The van der Waals surface area contributed by atoms with Crippen LogP contribution in [0, 0.1) is 0 Å². The molecule has 0 spiro atoms. The largest absolute Gasteiger partial charge is 0.364 e. The van der Waals surface area contributed by atoms with Gasteiger partial charge in [-0.3, -0.25) is 9.36 Å². The van der Waals surface area contributed by atoms with Crippen LogP contribution in [0.5, 0.6) is 0 Å². The SMILES string of the molecule is C=CCn1c(=O)c2c3c(sc2n2c(Nc4ccc([C@H](O)OCC)cc4)nnc12)CCC3. The first-order valence-electron chi connectivity index (χ1n) is 10.3. The molecule has 1 atom stereocenters. The molecule has 8 nitrogen and oxygen atoms in total. The molecule has 3 aromatic heterocycles. The van der Waals surface area contributed by atoms with Crippen LogP contribution < -0.4 is 10.9 Å². The summed E-state index contributed by atoms with van der Waals surface area (Å²) < 4.78 is 8.77. The van der Waals surface area contributed by atoms with Crippen LogP contribution in [0.2, 0.25) is 0 Å². The van der Waals surface area contributed by atoms with Crippen LogP contribution in [-0.4, -0.2) is 30.9 Å². The predicted octanol–water partition coefficient (Wildman–Crippen LogP) is 3.55. The summed E-state index contributed by atoms with van der Waals surface area (Å²) in [7, 11) is 0. The van der Waals surface area contributed by atoms with Gasteiger partial charge in [0, 0.05) is 29.3 Å². The lowest BCUT2D eigenvalue weighted by molar-refractivity contribution is -0.0979. The first-order valence-corrected chi connectivity index (χ1v) is 11.1. The van der Waals surface area contributed by atoms with Gasteiger partial charge in [-0.2, -0.15) is 0 Å². The van der Waals surface area contributed by atoms with Gasteiger partial charge in [0.2, 0.25) is 11.7 Å². The van der Waals surface area contributed by atoms with Gasteiger partial charge in [0.15, 0.2) is 6.29 Å². The third-order valence-corrected chi connectivity index (χ3v) is 6.82. The summed E-state index contributed by atoms with van der Waals surface area (Å²) in [5.41, 5.74) is 2.60. The molecule has 0 amide bonds. The molecule has 3 heterocycles. The Bertz CT molecular complexity index is 1340. The van der Waals surface area contributed by atoms with Gasteiger partial charge in [-0.25, -0.2) is 4.40 Å². The maximum atomic E-state index is 13.3. The zero-order valence-corrected chi connectivity index (χ0v) is 18.0. The lowest BCUT2D eigenvalue weighted by Crippen LogP contribution is -2.23. The molecule has 0 unspecified atom stereocenters. The van der Waals surface area contributed by atoms with Gasteiger partial charge in [0.25, 0.3) is 5.56 Å². The van der Waals surface area contributed by atoms with Crippen molar-refractivity contribution < 1.29 is 9.84 Å². The van der Waals surface area contributed by atoms with Crippen LogP contribution in [0.15, 0.2) is 41.7 Å². The topological polar surface area (TPSA) is 93.7 Å². The number of aromatic nitrogens is 4. The summed E-state index contributed by atoms with van der Waals surface area (Å²) in [5.74, 6) is 1.03. The van der Waals surface area contributed by atoms with Gasteiger partial charge >= 0.3 is 0 Å². The fourth-order valence-electron chi connectivity index (χ4n) is 4.12.